The molecule has 13 heavy (non-hydrogen) atoms. The summed E-state index contributed by atoms with van der Waals surface area (Å²) in [6.07, 6.45) is 0. The van der Waals surface area contributed by atoms with Crippen LogP contribution in [0, 0.1) is 0 Å². The van der Waals surface area contributed by atoms with E-state index in [1.54, 1.807) is 0 Å². The number of rotatable bonds is 5. The van der Waals surface area contributed by atoms with Crippen molar-refractivity contribution in [3.8, 4) is 0 Å². The molecule has 0 aromatic carbocycles. The van der Waals surface area contributed by atoms with Gasteiger partial charge < -0.3 is 9.79 Å². The molecule has 0 aliphatic carbocycles. The Morgan fingerprint density at radius 2 is 1.46 bits per heavy atom. The second-order valence-corrected chi connectivity index (χ2v) is 6.01. The van der Waals surface area contributed by atoms with Crippen LogP contribution in [-0.4, -0.2) is 35.0 Å². The van der Waals surface area contributed by atoms with Crippen molar-refractivity contribution in [3.05, 3.63) is 0 Å². The van der Waals surface area contributed by atoms with E-state index in [4.69, 9.17) is 9.79 Å². The minimum absolute atomic E-state index is 0.136. The predicted octanol–water partition coefficient (Wildman–Crippen LogP) is 0.802. The Hall–Kier alpha value is 0.260. The first kappa shape index (κ1) is 13.3. The molecule has 2 unspecified atom stereocenters. The summed E-state index contributed by atoms with van der Waals surface area (Å²) >= 11 is 0. The monoisotopic (exact) mass is 233 g/mol. The molecule has 7 nitrogen and oxygen atoms in total. The Bertz CT molecular complexity index is 231. The van der Waals surface area contributed by atoms with Crippen LogP contribution in [-0.2, 0) is 18.2 Å². The summed E-state index contributed by atoms with van der Waals surface area (Å²) in [5.41, 5.74) is 0. The van der Waals surface area contributed by atoms with Gasteiger partial charge in [-0.15, -0.1) is 4.44 Å². The molecule has 0 fully saturated rings. The molecule has 0 rings (SSSR count). The predicted molar refractivity (Wildman–Crippen MR) is 46.0 cm³/mol. The zero-order valence-electron chi connectivity index (χ0n) is 7.58. The average Bonchev–Trinajstić information content (AvgIpc) is 2.05. The first-order valence-corrected chi connectivity index (χ1v) is 6.43. The van der Waals surface area contributed by atoms with Gasteiger partial charge in [-0.25, -0.2) is 9.13 Å². The fraction of sp³-hybridized carbons (Fsp3) is 1.00. The Balaban J connectivity index is 4.92. The number of nitrogens with zero attached hydrogens (tertiary/aromatic N) is 1. The van der Waals surface area contributed by atoms with Crippen LogP contribution in [0.3, 0.4) is 0 Å². The van der Waals surface area contributed by atoms with E-state index in [0.717, 1.165) is 14.2 Å². The maximum Gasteiger partial charge on any atom is 0.414 e. The summed E-state index contributed by atoms with van der Waals surface area (Å²) in [4.78, 5) is 18.2. The number of hydrogen-bond acceptors (Lipinski definition) is 4. The highest BCUT2D eigenvalue weighted by atomic mass is 31.3. The third kappa shape index (κ3) is 3.14. The molecular weight excluding hydrogens is 220 g/mol. The Morgan fingerprint density at radius 3 is 1.62 bits per heavy atom. The molecule has 2 N–H and O–H groups in total. The van der Waals surface area contributed by atoms with Crippen LogP contribution in [0.25, 0.3) is 0 Å². The van der Waals surface area contributed by atoms with Crippen LogP contribution in [0.4, 0.5) is 0 Å². The lowest BCUT2D eigenvalue weighted by molar-refractivity contribution is 0.230. The SMILES string of the molecule is CCN(P(=O)(O)OC)P(=O)(O)OC. The van der Waals surface area contributed by atoms with Gasteiger partial charge in [-0.3, -0.25) is 9.05 Å². The molecule has 2 atom stereocenters. The maximum atomic E-state index is 11.2. The molecule has 80 valence electrons. The van der Waals surface area contributed by atoms with E-state index < -0.39 is 15.5 Å². The first-order chi connectivity index (χ1) is 5.81. The van der Waals surface area contributed by atoms with Crippen molar-refractivity contribution >= 4 is 15.5 Å². The zero-order chi connectivity index (χ0) is 10.7. The van der Waals surface area contributed by atoms with Gasteiger partial charge in [0.25, 0.3) is 0 Å². The lowest BCUT2D eigenvalue weighted by atomic mass is 10.8. The summed E-state index contributed by atoms with van der Waals surface area (Å²) < 4.78 is 31.1. The van der Waals surface area contributed by atoms with Gasteiger partial charge in [-0.05, 0) is 0 Å². The topological polar surface area (TPSA) is 96.3 Å². The molecular formula is C4H13NO6P2. The molecule has 0 spiro atoms. The Kier molecular flexibility index (Phi) is 4.76. The van der Waals surface area contributed by atoms with Crippen molar-refractivity contribution in [2.75, 3.05) is 20.8 Å². The van der Waals surface area contributed by atoms with Gasteiger partial charge in [-0.2, -0.15) is 0 Å². The summed E-state index contributed by atoms with van der Waals surface area (Å²) in [5, 5.41) is 0. The molecule has 0 aromatic heterocycles. The van der Waals surface area contributed by atoms with Gasteiger partial charge in [0, 0.05) is 20.8 Å². The molecule has 0 aromatic rings. The third-order valence-corrected chi connectivity index (χ3v) is 5.38. The van der Waals surface area contributed by atoms with Crippen LogP contribution in [0.5, 0.6) is 0 Å². The smallest absolute Gasteiger partial charge is 0.312 e. The quantitative estimate of drug-likeness (QED) is 0.678. The fourth-order valence-electron chi connectivity index (χ4n) is 0.689. The van der Waals surface area contributed by atoms with Crippen molar-refractivity contribution < 1.29 is 28.0 Å². The van der Waals surface area contributed by atoms with E-state index in [9.17, 15) is 9.13 Å². The highest BCUT2D eigenvalue weighted by molar-refractivity contribution is 7.65. The Morgan fingerprint density at radius 1 is 1.15 bits per heavy atom. The normalized spacial score (nSPS) is 21.1. The van der Waals surface area contributed by atoms with Crippen molar-refractivity contribution in [2.24, 2.45) is 0 Å². The second-order valence-electron chi connectivity index (χ2n) is 2.03. The van der Waals surface area contributed by atoms with Crippen molar-refractivity contribution in [3.63, 3.8) is 0 Å². The van der Waals surface area contributed by atoms with E-state index in [2.05, 4.69) is 9.05 Å². The number of hydrogen-bond donors (Lipinski definition) is 2. The van der Waals surface area contributed by atoms with Crippen molar-refractivity contribution in [1.29, 1.82) is 0 Å². The van der Waals surface area contributed by atoms with Crippen LogP contribution < -0.4 is 0 Å². The van der Waals surface area contributed by atoms with E-state index in [1.165, 1.54) is 6.92 Å². The standard InChI is InChI=1S/C4H13NO6P2/c1-4-5(12(6,7)10-2)13(8,9)11-3/h4H2,1-3H3,(H,6,7)(H,8,9). The van der Waals surface area contributed by atoms with Gasteiger partial charge in [0.1, 0.15) is 0 Å². The van der Waals surface area contributed by atoms with Crippen LogP contribution in [0.1, 0.15) is 6.92 Å². The highest BCUT2D eigenvalue weighted by Crippen LogP contribution is 2.62. The van der Waals surface area contributed by atoms with Crippen molar-refractivity contribution in [1.82, 2.24) is 4.44 Å². The summed E-state index contributed by atoms with van der Waals surface area (Å²) in [5.74, 6) is 0. The average molecular weight is 233 g/mol. The van der Waals surface area contributed by atoms with Gasteiger partial charge in [0.2, 0.25) is 0 Å². The molecule has 0 bridgehead atoms. The highest BCUT2D eigenvalue weighted by Gasteiger charge is 2.41. The van der Waals surface area contributed by atoms with E-state index >= 15 is 0 Å². The molecule has 0 amide bonds. The molecule has 9 heteroatoms. The van der Waals surface area contributed by atoms with Crippen molar-refractivity contribution in [2.45, 2.75) is 6.92 Å². The second kappa shape index (κ2) is 4.66. The molecule has 0 saturated heterocycles. The third-order valence-electron chi connectivity index (χ3n) is 1.34. The largest absolute Gasteiger partial charge is 0.414 e. The van der Waals surface area contributed by atoms with Gasteiger partial charge in [-0.1, -0.05) is 6.92 Å². The molecule has 0 saturated carbocycles. The zero-order valence-corrected chi connectivity index (χ0v) is 9.37. The maximum absolute atomic E-state index is 11.2. The summed E-state index contributed by atoms with van der Waals surface area (Å²) in [6.45, 7) is 1.30. The van der Waals surface area contributed by atoms with Crippen LogP contribution in [0.2, 0.25) is 0 Å². The van der Waals surface area contributed by atoms with Crippen LogP contribution >= 0.6 is 15.5 Å². The summed E-state index contributed by atoms with van der Waals surface area (Å²) in [7, 11) is -6.51. The molecule has 0 aliphatic heterocycles. The summed E-state index contributed by atoms with van der Waals surface area (Å²) in [6, 6.07) is 0. The van der Waals surface area contributed by atoms with Gasteiger partial charge >= 0.3 is 15.5 Å². The van der Waals surface area contributed by atoms with Gasteiger partial charge in [0.05, 0.1) is 0 Å². The lowest BCUT2D eigenvalue weighted by Crippen LogP contribution is -2.18. The van der Waals surface area contributed by atoms with E-state index in [-0.39, 0.29) is 6.54 Å². The molecule has 0 radical (unpaired) electrons. The fourth-order valence-corrected chi connectivity index (χ4v) is 3.36. The minimum atomic E-state index is -4.23. The van der Waals surface area contributed by atoms with Crippen LogP contribution in [0.15, 0.2) is 0 Å². The van der Waals surface area contributed by atoms with E-state index in [0.29, 0.717) is 4.44 Å². The minimum Gasteiger partial charge on any atom is -0.312 e. The Labute approximate surface area is 76.4 Å². The van der Waals surface area contributed by atoms with E-state index in [1.807, 2.05) is 0 Å². The lowest BCUT2D eigenvalue weighted by Gasteiger charge is -2.26. The molecule has 0 heterocycles. The first-order valence-electron chi connectivity index (χ1n) is 3.37. The molecule has 0 aliphatic rings. The van der Waals surface area contributed by atoms with Gasteiger partial charge in [0.15, 0.2) is 0 Å².